The lowest BCUT2D eigenvalue weighted by atomic mass is 10.1. The second-order valence-electron chi connectivity index (χ2n) is 6.33. The standard InChI is InChI=1S/C18H23N3O3/c1-13(2)21(11-15-9-19-20(3)10-15)18(22)7-5-14-4-6-16-17(8-14)24-12-23-16/h4,6,8-10,13H,5,7,11-12H2,1-3H3. The summed E-state index contributed by atoms with van der Waals surface area (Å²) in [6, 6.07) is 5.99. The Bertz CT molecular complexity index is 724. The predicted molar refractivity (Wildman–Crippen MR) is 89.8 cm³/mol. The summed E-state index contributed by atoms with van der Waals surface area (Å²) in [5, 5.41) is 4.17. The third-order valence-electron chi connectivity index (χ3n) is 4.12. The second-order valence-corrected chi connectivity index (χ2v) is 6.33. The molecule has 24 heavy (non-hydrogen) atoms. The molecule has 3 rings (SSSR count). The number of rotatable bonds is 6. The van der Waals surface area contributed by atoms with Gasteiger partial charge in [0.25, 0.3) is 0 Å². The van der Waals surface area contributed by atoms with Gasteiger partial charge < -0.3 is 14.4 Å². The van der Waals surface area contributed by atoms with Crippen LogP contribution in [-0.4, -0.2) is 33.4 Å². The first-order valence-corrected chi connectivity index (χ1v) is 8.18. The molecule has 0 N–H and O–H groups in total. The summed E-state index contributed by atoms with van der Waals surface area (Å²) in [7, 11) is 1.88. The molecule has 0 radical (unpaired) electrons. The number of ether oxygens (including phenoxy) is 2. The quantitative estimate of drug-likeness (QED) is 0.817. The number of benzene rings is 1. The molecular weight excluding hydrogens is 306 g/mol. The highest BCUT2D eigenvalue weighted by molar-refractivity contribution is 5.76. The molecule has 0 saturated heterocycles. The van der Waals surface area contributed by atoms with E-state index in [1.165, 1.54) is 0 Å². The van der Waals surface area contributed by atoms with Crippen LogP contribution < -0.4 is 9.47 Å². The minimum atomic E-state index is 0.145. The van der Waals surface area contributed by atoms with Gasteiger partial charge in [0.05, 0.1) is 6.20 Å². The van der Waals surface area contributed by atoms with Gasteiger partial charge in [-0.25, -0.2) is 0 Å². The Labute approximate surface area is 142 Å². The lowest BCUT2D eigenvalue weighted by Gasteiger charge is -2.26. The number of hydrogen-bond acceptors (Lipinski definition) is 4. The van der Waals surface area contributed by atoms with Crippen molar-refractivity contribution in [2.24, 2.45) is 7.05 Å². The normalized spacial score (nSPS) is 12.7. The van der Waals surface area contributed by atoms with E-state index in [4.69, 9.17) is 9.47 Å². The van der Waals surface area contributed by atoms with Gasteiger partial charge in [-0.2, -0.15) is 5.10 Å². The summed E-state index contributed by atoms with van der Waals surface area (Å²) >= 11 is 0. The largest absolute Gasteiger partial charge is 0.454 e. The van der Waals surface area contributed by atoms with Gasteiger partial charge in [-0.05, 0) is 38.0 Å². The number of hydrogen-bond donors (Lipinski definition) is 0. The second kappa shape index (κ2) is 6.95. The smallest absolute Gasteiger partial charge is 0.231 e. The van der Waals surface area contributed by atoms with E-state index in [2.05, 4.69) is 5.10 Å². The van der Waals surface area contributed by atoms with Gasteiger partial charge in [0.15, 0.2) is 11.5 Å². The first-order valence-electron chi connectivity index (χ1n) is 8.18. The molecule has 2 heterocycles. The van der Waals surface area contributed by atoms with Gasteiger partial charge in [-0.1, -0.05) is 6.07 Å². The zero-order chi connectivity index (χ0) is 17.1. The van der Waals surface area contributed by atoms with E-state index >= 15 is 0 Å². The molecular formula is C18H23N3O3. The van der Waals surface area contributed by atoms with E-state index in [1.807, 2.05) is 50.2 Å². The average Bonchev–Trinajstić information content (AvgIpc) is 3.18. The fraction of sp³-hybridized carbons (Fsp3) is 0.444. The van der Waals surface area contributed by atoms with Crippen LogP contribution in [0.3, 0.4) is 0 Å². The molecule has 0 unspecified atom stereocenters. The zero-order valence-corrected chi connectivity index (χ0v) is 14.4. The number of carbonyl (C=O) groups excluding carboxylic acids is 1. The van der Waals surface area contributed by atoms with Crippen molar-refractivity contribution in [3.8, 4) is 11.5 Å². The summed E-state index contributed by atoms with van der Waals surface area (Å²) in [5.41, 5.74) is 2.13. The summed E-state index contributed by atoms with van der Waals surface area (Å²) < 4.78 is 12.5. The molecule has 2 aromatic rings. The third-order valence-corrected chi connectivity index (χ3v) is 4.12. The number of fused-ring (bicyclic) bond motifs is 1. The van der Waals surface area contributed by atoms with Crippen molar-refractivity contribution in [3.05, 3.63) is 41.7 Å². The maximum atomic E-state index is 12.6. The van der Waals surface area contributed by atoms with Crippen molar-refractivity contribution in [3.63, 3.8) is 0 Å². The number of carbonyl (C=O) groups is 1. The lowest BCUT2D eigenvalue weighted by molar-refractivity contribution is -0.133. The Hall–Kier alpha value is -2.50. The molecule has 6 heteroatoms. The molecule has 1 aromatic heterocycles. The maximum absolute atomic E-state index is 12.6. The topological polar surface area (TPSA) is 56.6 Å². The molecule has 0 aliphatic carbocycles. The van der Waals surface area contributed by atoms with Crippen LogP contribution in [0.15, 0.2) is 30.6 Å². The highest BCUT2D eigenvalue weighted by atomic mass is 16.7. The Morgan fingerprint density at radius 1 is 1.29 bits per heavy atom. The van der Waals surface area contributed by atoms with Gasteiger partial charge in [0.2, 0.25) is 12.7 Å². The molecule has 0 bridgehead atoms. The predicted octanol–water partition coefficient (Wildman–Crippen LogP) is 2.52. The van der Waals surface area contributed by atoms with Crippen LogP contribution in [0.2, 0.25) is 0 Å². The van der Waals surface area contributed by atoms with E-state index < -0.39 is 0 Å². The fourth-order valence-corrected chi connectivity index (χ4v) is 2.80. The Morgan fingerprint density at radius 2 is 2.08 bits per heavy atom. The highest BCUT2D eigenvalue weighted by Crippen LogP contribution is 2.32. The van der Waals surface area contributed by atoms with Crippen LogP contribution in [-0.2, 0) is 24.8 Å². The molecule has 0 spiro atoms. The summed E-state index contributed by atoms with van der Waals surface area (Å²) in [6.45, 7) is 4.93. The van der Waals surface area contributed by atoms with Crippen LogP contribution in [0.4, 0.5) is 0 Å². The van der Waals surface area contributed by atoms with Crippen LogP contribution >= 0.6 is 0 Å². The van der Waals surface area contributed by atoms with Crippen LogP contribution in [0.25, 0.3) is 0 Å². The Balaban J connectivity index is 1.61. The molecule has 1 amide bonds. The van der Waals surface area contributed by atoms with Crippen molar-refractivity contribution in [1.29, 1.82) is 0 Å². The maximum Gasteiger partial charge on any atom is 0.231 e. The van der Waals surface area contributed by atoms with Crippen molar-refractivity contribution < 1.29 is 14.3 Å². The van der Waals surface area contributed by atoms with Crippen molar-refractivity contribution >= 4 is 5.91 Å². The van der Waals surface area contributed by atoms with E-state index in [0.717, 1.165) is 22.6 Å². The fourth-order valence-electron chi connectivity index (χ4n) is 2.80. The molecule has 1 aliphatic heterocycles. The average molecular weight is 329 g/mol. The van der Waals surface area contributed by atoms with Crippen molar-refractivity contribution in [1.82, 2.24) is 14.7 Å². The molecule has 128 valence electrons. The molecule has 1 aromatic carbocycles. The zero-order valence-electron chi connectivity index (χ0n) is 14.4. The SMILES string of the molecule is CC(C)N(Cc1cnn(C)c1)C(=O)CCc1ccc2c(c1)OCO2. The number of aromatic nitrogens is 2. The molecule has 0 atom stereocenters. The van der Waals surface area contributed by atoms with Gasteiger partial charge in [-0.3, -0.25) is 9.48 Å². The number of amides is 1. The van der Waals surface area contributed by atoms with E-state index in [0.29, 0.717) is 19.4 Å². The number of aryl methyl sites for hydroxylation is 2. The van der Waals surface area contributed by atoms with Gasteiger partial charge >= 0.3 is 0 Å². The first-order chi connectivity index (χ1) is 11.5. The van der Waals surface area contributed by atoms with Gasteiger partial charge in [-0.15, -0.1) is 0 Å². The number of nitrogens with zero attached hydrogens (tertiary/aromatic N) is 3. The lowest BCUT2D eigenvalue weighted by Crippen LogP contribution is -2.36. The Kier molecular flexibility index (Phi) is 4.74. The van der Waals surface area contributed by atoms with E-state index in [9.17, 15) is 4.79 Å². The first kappa shape index (κ1) is 16.4. The van der Waals surface area contributed by atoms with Crippen LogP contribution in [0, 0.1) is 0 Å². The van der Waals surface area contributed by atoms with E-state index in [-0.39, 0.29) is 18.7 Å². The molecule has 0 saturated carbocycles. The summed E-state index contributed by atoms with van der Waals surface area (Å²) in [6.07, 6.45) is 4.91. The third kappa shape index (κ3) is 3.69. The van der Waals surface area contributed by atoms with E-state index in [1.54, 1.807) is 10.9 Å². The monoisotopic (exact) mass is 329 g/mol. The van der Waals surface area contributed by atoms with Gasteiger partial charge in [0.1, 0.15) is 0 Å². The minimum absolute atomic E-state index is 0.145. The van der Waals surface area contributed by atoms with Crippen LogP contribution in [0.1, 0.15) is 31.4 Å². The van der Waals surface area contributed by atoms with Crippen molar-refractivity contribution in [2.75, 3.05) is 6.79 Å². The highest BCUT2D eigenvalue weighted by Gasteiger charge is 2.19. The summed E-state index contributed by atoms with van der Waals surface area (Å²) in [4.78, 5) is 14.5. The Morgan fingerprint density at radius 3 is 2.79 bits per heavy atom. The van der Waals surface area contributed by atoms with Crippen molar-refractivity contribution in [2.45, 2.75) is 39.3 Å². The molecule has 6 nitrogen and oxygen atoms in total. The van der Waals surface area contributed by atoms with Crippen LogP contribution in [0.5, 0.6) is 11.5 Å². The molecule has 1 aliphatic rings. The summed E-state index contributed by atoms with van der Waals surface area (Å²) in [5.74, 6) is 1.67. The molecule has 0 fully saturated rings. The minimum Gasteiger partial charge on any atom is -0.454 e. The van der Waals surface area contributed by atoms with Gasteiger partial charge in [0, 0.05) is 37.8 Å².